The molecule has 0 spiro atoms. The van der Waals surface area contributed by atoms with Crippen LogP contribution >= 0.6 is 15.9 Å². The molecule has 0 bridgehead atoms. The standard InChI is InChI=1S/C15H22BrNO/c1-11(2)17(12(3)4)15(18)10-14(16)13-8-6-5-7-9-13/h5-9,11-12,14H,10H2,1-4H3. The Balaban J connectivity index is 2.69. The maximum absolute atomic E-state index is 12.3. The molecule has 1 aromatic rings. The maximum atomic E-state index is 12.3. The summed E-state index contributed by atoms with van der Waals surface area (Å²) >= 11 is 3.61. The van der Waals surface area contributed by atoms with Crippen molar-refractivity contribution in [2.24, 2.45) is 0 Å². The third kappa shape index (κ3) is 4.13. The number of benzene rings is 1. The lowest BCUT2D eigenvalue weighted by molar-refractivity contribution is -0.134. The number of alkyl halides is 1. The highest BCUT2D eigenvalue weighted by atomic mass is 79.9. The van der Waals surface area contributed by atoms with E-state index in [1.165, 1.54) is 0 Å². The normalized spacial score (nSPS) is 12.8. The maximum Gasteiger partial charge on any atom is 0.224 e. The van der Waals surface area contributed by atoms with Crippen LogP contribution in [0.3, 0.4) is 0 Å². The Morgan fingerprint density at radius 3 is 2.06 bits per heavy atom. The van der Waals surface area contributed by atoms with Crippen LogP contribution in [0.15, 0.2) is 30.3 Å². The second kappa shape index (κ2) is 6.93. The average Bonchev–Trinajstić information content (AvgIpc) is 2.28. The third-order valence-corrected chi connectivity index (χ3v) is 3.77. The molecule has 1 atom stereocenters. The van der Waals surface area contributed by atoms with E-state index in [9.17, 15) is 4.79 Å². The lowest BCUT2D eigenvalue weighted by Gasteiger charge is -2.31. The fraction of sp³-hybridized carbons (Fsp3) is 0.533. The molecule has 18 heavy (non-hydrogen) atoms. The minimum absolute atomic E-state index is 0.0891. The van der Waals surface area contributed by atoms with Crippen molar-refractivity contribution >= 4 is 21.8 Å². The van der Waals surface area contributed by atoms with Crippen LogP contribution in [-0.4, -0.2) is 22.9 Å². The Morgan fingerprint density at radius 2 is 1.61 bits per heavy atom. The molecule has 0 saturated heterocycles. The Morgan fingerprint density at radius 1 is 1.11 bits per heavy atom. The molecule has 1 unspecified atom stereocenters. The van der Waals surface area contributed by atoms with Crippen LogP contribution in [0.2, 0.25) is 0 Å². The van der Waals surface area contributed by atoms with E-state index in [4.69, 9.17) is 0 Å². The van der Waals surface area contributed by atoms with Crippen LogP contribution in [-0.2, 0) is 4.79 Å². The molecule has 1 aromatic carbocycles. The highest BCUT2D eigenvalue weighted by Gasteiger charge is 2.22. The van der Waals surface area contributed by atoms with Crippen LogP contribution in [0, 0.1) is 0 Å². The molecule has 3 heteroatoms. The van der Waals surface area contributed by atoms with E-state index in [1.54, 1.807) is 0 Å². The Hall–Kier alpha value is -0.830. The van der Waals surface area contributed by atoms with Gasteiger partial charge in [-0.2, -0.15) is 0 Å². The molecule has 0 radical (unpaired) electrons. The van der Waals surface area contributed by atoms with Gasteiger partial charge in [-0.15, -0.1) is 0 Å². The van der Waals surface area contributed by atoms with Gasteiger partial charge in [0.2, 0.25) is 5.91 Å². The second-order valence-corrected chi connectivity index (χ2v) is 6.18. The molecular weight excluding hydrogens is 290 g/mol. The molecule has 2 nitrogen and oxygen atoms in total. The number of hydrogen-bond donors (Lipinski definition) is 0. The minimum Gasteiger partial charge on any atom is -0.338 e. The van der Waals surface area contributed by atoms with Gasteiger partial charge in [-0.1, -0.05) is 46.3 Å². The topological polar surface area (TPSA) is 20.3 Å². The molecule has 0 saturated carbocycles. The van der Waals surface area contributed by atoms with E-state index in [0.29, 0.717) is 6.42 Å². The summed E-state index contributed by atoms with van der Waals surface area (Å²) in [4.78, 5) is 14.3. The first-order chi connectivity index (χ1) is 8.43. The van der Waals surface area contributed by atoms with Crippen molar-refractivity contribution in [2.75, 3.05) is 0 Å². The monoisotopic (exact) mass is 311 g/mol. The van der Waals surface area contributed by atoms with Crippen molar-refractivity contribution in [3.63, 3.8) is 0 Å². The van der Waals surface area contributed by atoms with Crippen molar-refractivity contribution in [3.05, 3.63) is 35.9 Å². The van der Waals surface area contributed by atoms with Gasteiger partial charge < -0.3 is 4.90 Å². The molecule has 100 valence electrons. The molecule has 0 aliphatic heterocycles. The van der Waals surface area contributed by atoms with E-state index in [0.717, 1.165) is 5.56 Å². The van der Waals surface area contributed by atoms with E-state index >= 15 is 0 Å². The van der Waals surface area contributed by atoms with Crippen LogP contribution in [0.25, 0.3) is 0 Å². The Labute approximate surface area is 119 Å². The average molecular weight is 312 g/mol. The molecule has 0 N–H and O–H groups in total. The highest BCUT2D eigenvalue weighted by Crippen LogP contribution is 2.27. The summed E-state index contributed by atoms with van der Waals surface area (Å²) < 4.78 is 0. The molecule has 0 aliphatic carbocycles. The zero-order valence-electron chi connectivity index (χ0n) is 11.6. The quantitative estimate of drug-likeness (QED) is 0.748. The molecule has 1 amide bonds. The summed E-state index contributed by atoms with van der Waals surface area (Å²) in [6.07, 6.45) is 0.500. The fourth-order valence-electron chi connectivity index (χ4n) is 2.21. The third-order valence-electron chi connectivity index (χ3n) is 2.92. The van der Waals surface area contributed by atoms with Gasteiger partial charge in [0.15, 0.2) is 0 Å². The molecule has 0 fully saturated rings. The first kappa shape index (κ1) is 15.2. The van der Waals surface area contributed by atoms with Gasteiger partial charge in [-0.25, -0.2) is 0 Å². The largest absolute Gasteiger partial charge is 0.338 e. The van der Waals surface area contributed by atoms with E-state index < -0.39 is 0 Å². The molecule has 0 heterocycles. The van der Waals surface area contributed by atoms with Crippen LogP contribution < -0.4 is 0 Å². The molecule has 0 aliphatic rings. The first-order valence-corrected chi connectivity index (χ1v) is 7.35. The van der Waals surface area contributed by atoms with Gasteiger partial charge in [-0.3, -0.25) is 4.79 Å². The van der Waals surface area contributed by atoms with Crippen LogP contribution in [0.1, 0.15) is 44.5 Å². The number of rotatable bonds is 5. The van der Waals surface area contributed by atoms with Crippen molar-refractivity contribution in [1.82, 2.24) is 4.90 Å². The van der Waals surface area contributed by atoms with Crippen LogP contribution in [0.5, 0.6) is 0 Å². The van der Waals surface area contributed by atoms with Gasteiger partial charge in [0.1, 0.15) is 0 Å². The number of nitrogens with zero attached hydrogens (tertiary/aromatic N) is 1. The Kier molecular flexibility index (Phi) is 5.86. The predicted molar refractivity (Wildman–Crippen MR) is 79.8 cm³/mol. The summed E-state index contributed by atoms with van der Waals surface area (Å²) in [5.74, 6) is 0.200. The summed E-state index contributed by atoms with van der Waals surface area (Å²) in [5.41, 5.74) is 1.15. The summed E-state index contributed by atoms with van der Waals surface area (Å²) in [5, 5.41) is 0. The summed E-state index contributed by atoms with van der Waals surface area (Å²) in [6, 6.07) is 10.6. The van der Waals surface area contributed by atoms with E-state index in [1.807, 2.05) is 35.2 Å². The number of hydrogen-bond acceptors (Lipinski definition) is 1. The SMILES string of the molecule is CC(C)N(C(=O)CC(Br)c1ccccc1)C(C)C. The van der Waals surface area contributed by atoms with Gasteiger partial charge >= 0.3 is 0 Å². The Bertz CT molecular complexity index is 367. The molecule has 0 aromatic heterocycles. The van der Waals surface area contributed by atoms with E-state index in [-0.39, 0.29) is 22.8 Å². The molecular formula is C15H22BrNO. The van der Waals surface area contributed by atoms with Crippen molar-refractivity contribution in [3.8, 4) is 0 Å². The van der Waals surface area contributed by atoms with Crippen molar-refractivity contribution in [1.29, 1.82) is 0 Å². The smallest absolute Gasteiger partial charge is 0.224 e. The van der Waals surface area contributed by atoms with E-state index in [2.05, 4.69) is 43.6 Å². The van der Waals surface area contributed by atoms with Gasteiger partial charge in [-0.05, 0) is 33.3 Å². The lowest BCUT2D eigenvalue weighted by Crippen LogP contribution is -2.42. The fourth-order valence-corrected chi connectivity index (χ4v) is 2.79. The summed E-state index contributed by atoms with van der Waals surface area (Å²) in [7, 11) is 0. The van der Waals surface area contributed by atoms with Crippen molar-refractivity contribution < 1.29 is 4.79 Å². The number of amides is 1. The zero-order chi connectivity index (χ0) is 13.7. The number of halogens is 1. The zero-order valence-corrected chi connectivity index (χ0v) is 13.1. The molecule has 1 rings (SSSR count). The van der Waals surface area contributed by atoms with Crippen LogP contribution in [0.4, 0.5) is 0 Å². The number of carbonyl (C=O) groups excluding carboxylic acids is 1. The number of carbonyl (C=O) groups is 1. The van der Waals surface area contributed by atoms with Gasteiger partial charge in [0, 0.05) is 23.3 Å². The second-order valence-electron chi connectivity index (χ2n) is 5.07. The van der Waals surface area contributed by atoms with Gasteiger partial charge in [0.25, 0.3) is 0 Å². The first-order valence-electron chi connectivity index (χ1n) is 6.43. The minimum atomic E-state index is 0.0891. The lowest BCUT2D eigenvalue weighted by atomic mass is 10.1. The highest BCUT2D eigenvalue weighted by molar-refractivity contribution is 9.09. The van der Waals surface area contributed by atoms with Crippen molar-refractivity contribution in [2.45, 2.75) is 51.0 Å². The summed E-state index contributed by atoms with van der Waals surface area (Å²) in [6.45, 7) is 8.24. The van der Waals surface area contributed by atoms with Gasteiger partial charge in [0.05, 0.1) is 0 Å². The predicted octanol–water partition coefficient (Wildman–Crippen LogP) is 4.16.